The first kappa shape index (κ1) is 22.8. The predicted molar refractivity (Wildman–Crippen MR) is 117 cm³/mol. The van der Waals surface area contributed by atoms with Gasteiger partial charge >= 0.3 is 0 Å². The number of piperidine rings is 1. The Hall–Kier alpha value is -1.84. The molecule has 166 valence electrons. The average Bonchev–Trinajstić information content (AvgIpc) is 2.78. The summed E-state index contributed by atoms with van der Waals surface area (Å²) in [6.07, 6.45) is 0.970. The highest BCUT2D eigenvalue weighted by molar-refractivity contribution is 7.89. The highest BCUT2D eigenvalue weighted by Crippen LogP contribution is 2.21. The maximum absolute atomic E-state index is 12.5. The minimum absolute atomic E-state index is 0.0206. The average molecular weight is 457 g/mol. The highest BCUT2D eigenvalue weighted by atomic mass is 35.5. The van der Waals surface area contributed by atoms with Crippen molar-refractivity contribution in [2.24, 2.45) is 5.92 Å². The lowest BCUT2D eigenvalue weighted by Crippen LogP contribution is -2.52. The van der Waals surface area contributed by atoms with Crippen LogP contribution in [0.25, 0.3) is 0 Å². The van der Waals surface area contributed by atoms with Crippen LogP contribution in [0.2, 0.25) is 5.02 Å². The van der Waals surface area contributed by atoms with E-state index < -0.39 is 10.0 Å². The molecule has 8 nitrogen and oxygen atoms in total. The Morgan fingerprint density at radius 1 is 1.03 bits per heavy atom. The van der Waals surface area contributed by atoms with E-state index in [0.29, 0.717) is 44.0 Å². The molecule has 2 fully saturated rings. The first-order valence-electron chi connectivity index (χ1n) is 10.3. The molecule has 0 aromatic heterocycles. The molecule has 2 aliphatic rings. The number of nitrogens with one attached hydrogen (secondary N) is 1. The van der Waals surface area contributed by atoms with Gasteiger partial charge in [-0.3, -0.25) is 9.59 Å². The van der Waals surface area contributed by atoms with Crippen molar-refractivity contribution in [3.05, 3.63) is 29.3 Å². The molecule has 2 saturated heterocycles. The van der Waals surface area contributed by atoms with Crippen molar-refractivity contribution in [2.45, 2.75) is 19.8 Å². The molecule has 0 saturated carbocycles. The zero-order chi connectivity index (χ0) is 21.7. The van der Waals surface area contributed by atoms with Crippen LogP contribution < -0.4 is 10.2 Å². The van der Waals surface area contributed by atoms with Crippen molar-refractivity contribution in [3.8, 4) is 0 Å². The van der Waals surface area contributed by atoms with E-state index in [2.05, 4.69) is 10.2 Å². The van der Waals surface area contributed by atoms with Gasteiger partial charge in [-0.05, 0) is 44.0 Å². The Morgan fingerprint density at radius 3 is 2.20 bits per heavy atom. The van der Waals surface area contributed by atoms with Crippen LogP contribution in [0.5, 0.6) is 0 Å². The Morgan fingerprint density at radius 2 is 1.63 bits per heavy atom. The van der Waals surface area contributed by atoms with Crippen molar-refractivity contribution >= 4 is 39.1 Å². The summed E-state index contributed by atoms with van der Waals surface area (Å²) in [5, 5.41) is 3.44. The number of anilines is 1. The fourth-order valence-corrected chi connectivity index (χ4v) is 5.12. The van der Waals surface area contributed by atoms with E-state index in [1.807, 2.05) is 24.3 Å². The number of hydrogen-bond acceptors (Lipinski definition) is 5. The first-order valence-corrected chi connectivity index (χ1v) is 12.3. The van der Waals surface area contributed by atoms with Crippen LogP contribution in [0.4, 0.5) is 5.69 Å². The Labute approximate surface area is 183 Å². The van der Waals surface area contributed by atoms with E-state index in [4.69, 9.17) is 11.6 Å². The Kier molecular flexibility index (Phi) is 7.60. The summed E-state index contributed by atoms with van der Waals surface area (Å²) in [5.41, 5.74) is 1.08. The molecule has 2 heterocycles. The van der Waals surface area contributed by atoms with Gasteiger partial charge in [-0.15, -0.1) is 0 Å². The third kappa shape index (κ3) is 5.65. The third-order valence-corrected chi connectivity index (χ3v) is 7.95. The molecule has 0 spiro atoms. The SMILES string of the molecule is CCS(=O)(=O)N1CCC(C(=O)NCC(=O)N2CCN(c3ccc(Cl)cc3)CC2)CC1. The van der Waals surface area contributed by atoms with Crippen LogP contribution in [0.15, 0.2) is 24.3 Å². The van der Waals surface area contributed by atoms with Crippen LogP contribution in [-0.2, 0) is 19.6 Å². The molecule has 1 aromatic rings. The van der Waals surface area contributed by atoms with Crippen molar-refractivity contribution in [1.29, 1.82) is 0 Å². The van der Waals surface area contributed by atoms with Crippen molar-refractivity contribution in [2.75, 3.05) is 56.5 Å². The Bertz CT molecular complexity index is 846. The van der Waals surface area contributed by atoms with E-state index >= 15 is 0 Å². The second-order valence-corrected chi connectivity index (χ2v) is 10.3. The zero-order valence-corrected chi connectivity index (χ0v) is 18.8. The van der Waals surface area contributed by atoms with Gasteiger partial charge in [-0.2, -0.15) is 0 Å². The third-order valence-electron chi connectivity index (χ3n) is 5.82. The molecule has 0 bridgehead atoms. The summed E-state index contributed by atoms with van der Waals surface area (Å²) in [4.78, 5) is 28.9. The fourth-order valence-electron chi connectivity index (χ4n) is 3.86. The fraction of sp³-hybridized carbons (Fsp3) is 0.600. The van der Waals surface area contributed by atoms with Crippen molar-refractivity contribution in [3.63, 3.8) is 0 Å². The monoisotopic (exact) mass is 456 g/mol. The van der Waals surface area contributed by atoms with Gasteiger partial charge in [-0.1, -0.05) is 11.6 Å². The van der Waals surface area contributed by atoms with E-state index in [-0.39, 0.29) is 30.0 Å². The number of benzene rings is 1. The number of carbonyl (C=O) groups excluding carboxylic acids is 2. The lowest BCUT2D eigenvalue weighted by Gasteiger charge is -2.36. The number of halogens is 1. The molecule has 0 atom stereocenters. The van der Waals surface area contributed by atoms with Gasteiger partial charge in [0, 0.05) is 55.9 Å². The lowest BCUT2D eigenvalue weighted by atomic mass is 9.97. The maximum Gasteiger partial charge on any atom is 0.242 e. The van der Waals surface area contributed by atoms with E-state index in [9.17, 15) is 18.0 Å². The largest absolute Gasteiger partial charge is 0.368 e. The molecule has 2 amide bonds. The van der Waals surface area contributed by atoms with Crippen LogP contribution in [0, 0.1) is 5.92 Å². The van der Waals surface area contributed by atoms with Gasteiger partial charge in [0.05, 0.1) is 12.3 Å². The quantitative estimate of drug-likeness (QED) is 0.693. The summed E-state index contributed by atoms with van der Waals surface area (Å²) in [5.74, 6) is -0.437. The molecule has 10 heteroatoms. The van der Waals surface area contributed by atoms with Crippen LogP contribution in [0.1, 0.15) is 19.8 Å². The number of hydrogen-bond donors (Lipinski definition) is 1. The molecular formula is C20H29ClN4O4S. The number of sulfonamides is 1. The Balaban J connectivity index is 1.40. The molecular weight excluding hydrogens is 428 g/mol. The number of nitrogens with zero attached hydrogens (tertiary/aromatic N) is 3. The van der Waals surface area contributed by atoms with Crippen LogP contribution in [0.3, 0.4) is 0 Å². The smallest absolute Gasteiger partial charge is 0.242 e. The summed E-state index contributed by atoms with van der Waals surface area (Å²) >= 11 is 5.93. The van der Waals surface area contributed by atoms with Crippen LogP contribution >= 0.6 is 11.6 Å². The number of amides is 2. The highest BCUT2D eigenvalue weighted by Gasteiger charge is 2.30. The standard InChI is InChI=1S/C20H29ClN4O4S/c1-2-30(28,29)25-9-7-16(8-10-25)20(27)22-15-19(26)24-13-11-23(12-14-24)18-5-3-17(21)4-6-18/h3-6,16H,2,7-15H2,1H3,(H,22,27). The molecule has 1 aromatic carbocycles. The first-order chi connectivity index (χ1) is 14.3. The van der Waals surface area contributed by atoms with Gasteiger partial charge < -0.3 is 15.1 Å². The number of piperazine rings is 1. The maximum atomic E-state index is 12.5. The van der Waals surface area contributed by atoms with E-state index in [1.54, 1.807) is 11.8 Å². The van der Waals surface area contributed by atoms with Gasteiger partial charge in [0.25, 0.3) is 0 Å². The molecule has 30 heavy (non-hydrogen) atoms. The topological polar surface area (TPSA) is 90.0 Å². The molecule has 2 aliphatic heterocycles. The summed E-state index contributed by atoms with van der Waals surface area (Å²) in [7, 11) is -3.21. The summed E-state index contributed by atoms with van der Waals surface area (Å²) in [6, 6.07) is 7.65. The molecule has 0 radical (unpaired) electrons. The molecule has 0 aliphatic carbocycles. The number of carbonyl (C=O) groups is 2. The predicted octanol–water partition coefficient (Wildman–Crippen LogP) is 1.17. The van der Waals surface area contributed by atoms with E-state index in [1.165, 1.54) is 4.31 Å². The van der Waals surface area contributed by atoms with Gasteiger partial charge in [-0.25, -0.2) is 12.7 Å². The van der Waals surface area contributed by atoms with Crippen molar-refractivity contribution in [1.82, 2.24) is 14.5 Å². The molecule has 0 unspecified atom stereocenters. The normalized spacial score (nSPS) is 19.0. The zero-order valence-electron chi connectivity index (χ0n) is 17.2. The lowest BCUT2D eigenvalue weighted by molar-refractivity contribution is -0.134. The molecule has 3 rings (SSSR count). The second-order valence-electron chi connectivity index (χ2n) is 7.64. The van der Waals surface area contributed by atoms with Crippen LogP contribution in [-0.4, -0.2) is 81.0 Å². The van der Waals surface area contributed by atoms with Gasteiger partial charge in [0.1, 0.15) is 0 Å². The summed E-state index contributed by atoms with van der Waals surface area (Å²) in [6.45, 7) is 4.97. The minimum Gasteiger partial charge on any atom is -0.368 e. The summed E-state index contributed by atoms with van der Waals surface area (Å²) < 4.78 is 25.3. The van der Waals surface area contributed by atoms with Crippen molar-refractivity contribution < 1.29 is 18.0 Å². The second kappa shape index (κ2) is 9.98. The molecule has 1 N–H and O–H groups in total. The minimum atomic E-state index is -3.21. The van der Waals surface area contributed by atoms with E-state index in [0.717, 1.165) is 18.8 Å². The number of rotatable bonds is 6. The van der Waals surface area contributed by atoms with Gasteiger partial charge in [0.15, 0.2) is 0 Å². The van der Waals surface area contributed by atoms with Gasteiger partial charge in [0.2, 0.25) is 21.8 Å².